The average Bonchev–Trinajstić information content (AvgIpc) is 2.69. The van der Waals surface area contributed by atoms with Crippen LogP contribution in [0.25, 0.3) is 0 Å². The van der Waals surface area contributed by atoms with Crippen molar-refractivity contribution < 1.29 is 33.4 Å². The van der Waals surface area contributed by atoms with Gasteiger partial charge in [0.05, 0.1) is 13.7 Å². The molecule has 8 nitrogen and oxygen atoms in total. The molecule has 1 aliphatic heterocycles. The Balaban J connectivity index is 2.01. The third kappa shape index (κ3) is 5.40. The largest absolute Gasteiger partial charge is 0.467 e. The van der Waals surface area contributed by atoms with Crippen LogP contribution in [0.1, 0.15) is 18.1 Å². The molecule has 0 radical (unpaired) electrons. The minimum atomic E-state index is -0.858. The highest BCUT2D eigenvalue weighted by molar-refractivity contribution is 5.93. The third-order valence-electron chi connectivity index (χ3n) is 4.02. The lowest BCUT2D eigenvalue weighted by Gasteiger charge is -2.35. The van der Waals surface area contributed by atoms with Crippen LogP contribution in [0.5, 0.6) is 0 Å². The number of hydrogen-bond acceptors (Lipinski definition) is 7. The summed E-state index contributed by atoms with van der Waals surface area (Å²) in [5.74, 6) is -2.60. The summed E-state index contributed by atoms with van der Waals surface area (Å²) in [5.41, 5.74) is 1.88. The molecule has 0 saturated carbocycles. The zero-order chi connectivity index (χ0) is 19.8. The molecule has 0 saturated heterocycles. The van der Waals surface area contributed by atoms with E-state index in [0.29, 0.717) is 6.42 Å². The van der Waals surface area contributed by atoms with Crippen LogP contribution in [0.3, 0.4) is 0 Å². The molecule has 0 bridgehead atoms. The molecule has 1 heterocycles. The number of carbonyl (C=O) groups is 4. The van der Waals surface area contributed by atoms with E-state index in [1.807, 2.05) is 24.3 Å². The van der Waals surface area contributed by atoms with E-state index in [2.05, 4.69) is 4.74 Å². The fraction of sp³-hybridized carbons (Fsp3) is 0.368. The number of amides is 1. The van der Waals surface area contributed by atoms with Crippen molar-refractivity contribution in [2.75, 3.05) is 20.3 Å². The SMILES string of the molecule is CCOC(=O)/C=C/C(=O)OCC(=O)N1Cc2ccccc2C[C@H]1C(=O)OC. The number of hydrogen-bond donors (Lipinski definition) is 0. The van der Waals surface area contributed by atoms with Gasteiger partial charge < -0.3 is 19.1 Å². The quantitative estimate of drug-likeness (QED) is 0.411. The van der Waals surface area contributed by atoms with E-state index in [1.165, 1.54) is 12.0 Å². The number of benzene rings is 1. The summed E-state index contributed by atoms with van der Waals surface area (Å²) in [6, 6.07) is 6.69. The van der Waals surface area contributed by atoms with Gasteiger partial charge in [0, 0.05) is 25.1 Å². The zero-order valence-corrected chi connectivity index (χ0v) is 15.2. The Bertz CT molecular complexity index is 756. The van der Waals surface area contributed by atoms with E-state index in [1.54, 1.807) is 6.92 Å². The van der Waals surface area contributed by atoms with Crippen LogP contribution >= 0.6 is 0 Å². The van der Waals surface area contributed by atoms with E-state index in [-0.39, 0.29) is 13.2 Å². The lowest BCUT2D eigenvalue weighted by atomic mass is 9.94. The van der Waals surface area contributed by atoms with Crippen molar-refractivity contribution in [1.29, 1.82) is 0 Å². The average molecular weight is 375 g/mol. The standard InChI is InChI=1S/C19H21NO7/c1-3-26-17(22)8-9-18(23)27-12-16(21)20-11-14-7-5-4-6-13(14)10-15(20)19(24)25-2/h4-9,15H,3,10-12H2,1-2H3/b9-8+/t15-/m0/s1. The number of carbonyl (C=O) groups excluding carboxylic acids is 4. The lowest BCUT2D eigenvalue weighted by molar-refractivity contribution is -0.158. The second kappa shape index (κ2) is 9.51. The Labute approximate surface area is 156 Å². The Morgan fingerprint density at radius 2 is 1.70 bits per heavy atom. The number of rotatable bonds is 6. The van der Waals surface area contributed by atoms with Crippen molar-refractivity contribution in [2.24, 2.45) is 0 Å². The van der Waals surface area contributed by atoms with Gasteiger partial charge in [0.25, 0.3) is 5.91 Å². The summed E-state index contributed by atoms with van der Waals surface area (Å²) in [6.07, 6.45) is 2.13. The number of nitrogens with zero attached hydrogens (tertiary/aromatic N) is 1. The minimum Gasteiger partial charge on any atom is -0.467 e. The van der Waals surface area contributed by atoms with E-state index in [4.69, 9.17) is 9.47 Å². The van der Waals surface area contributed by atoms with E-state index in [9.17, 15) is 19.2 Å². The van der Waals surface area contributed by atoms with Crippen molar-refractivity contribution in [2.45, 2.75) is 25.9 Å². The lowest BCUT2D eigenvalue weighted by Crippen LogP contribution is -2.50. The maximum atomic E-state index is 12.5. The molecule has 144 valence electrons. The van der Waals surface area contributed by atoms with Gasteiger partial charge in [0.1, 0.15) is 6.04 Å². The number of esters is 3. The molecule has 1 atom stereocenters. The van der Waals surface area contributed by atoms with Gasteiger partial charge in [-0.1, -0.05) is 24.3 Å². The van der Waals surface area contributed by atoms with Gasteiger partial charge in [-0.3, -0.25) is 4.79 Å². The highest BCUT2D eigenvalue weighted by Crippen LogP contribution is 2.24. The Morgan fingerprint density at radius 1 is 1.07 bits per heavy atom. The maximum absolute atomic E-state index is 12.5. The van der Waals surface area contributed by atoms with E-state index < -0.39 is 36.5 Å². The van der Waals surface area contributed by atoms with Crippen LogP contribution in [0.2, 0.25) is 0 Å². The molecule has 0 aliphatic carbocycles. The van der Waals surface area contributed by atoms with Gasteiger partial charge in [-0.2, -0.15) is 0 Å². The highest BCUT2D eigenvalue weighted by Gasteiger charge is 2.35. The second-order valence-corrected chi connectivity index (χ2v) is 5.73. The van der Waals surface area contributed by atoms with E-state index >= 15 is 0 Å². The van der Waals surface area contributed by atoms with E-state index in [0.717, 1.165) is 23.3 Å². The van der Waals surface area contributed by atoms with Crippen LogP contribution in [-0.2, 0) is 46.4 Å². The van der Waals surface area contributed by atoms with Crippen molar-refractivity contribution in [3.8, 4) is 0 Å². The van der Waals surface area contributed by atoms with Crippen LogP contribution < -0.4 is 0 Å². The molecule has 1 aliphatic rings. The molecule has 27 heavy (non-hydrogen) atoms. The van der Waals surface area contributed by atoms with Crippen LogP contribution in [-0.4, -0.2) is 55.1 Å². The first-order chi connectivity index (χ1) is 13.0. The van der Waals surface area contributed by atoms with Gasteiger partial charge >= 0.3 is 17.9 Å². The Hall–Kier alpha value is -3.16. The van der Waals surface area contributed by atoms with Gasteiger partial charge in [-0.15, -0.1) is 0 Å². The van der Waals surface area contributed by atoms with Crippen molar-refractivity contribution in [1.82, 2.24) is 4.90 Å². The molecule has 0 unspecified atom stereocenters. The summed E-state index contributed by atoms with van der Waals surface area (Å²) in [7, 11) is 1.26. The Morgan fingerprint density at radius 3 is 2.33 bits per heavy atom. The fourth-order valence-corrected chi connectivity index (χ4v) is 2.72. The predicted octanol–water partition coefficient (Wildman–Crippen LogP) is 0.775. The normalized spacial score (nSPS) is 15.8. The van der Waals surface area contributed by atoms with Crippen LogP contribution in [0, 0.1) is 0 Å². The molecule has 0 N–H and O–H groups in total. The van der Waals surface area contributed by atoms with Crippen LogP contribution in [0.15, 0.2) is 36.4 Å². The molecule has 1 aromatic carbocycles. The number of ether oxygens (including phenoxy) is 3. The van der Waals surface area contributed by atoms with Gasteiger partial charge in [0.15, 0.2) is 6.61 Å². The molecular weight excluding hydrogens is 354 g/mol. The van der Waals surface area contributed by atoms with Gasteiger partial charge in [0.2, 0.25) is 0 Å². The third-order valence-corrected chi connectivity index (χ3v) is 4.02. The van der Waals surface area contributed by atoms with Gasteiger partial charge in [-0.25, -0.2) is 14.4 Å². The van der Waals surface area contributed by atoms with Crippen LogP contribution in [0.4, 0.5) is 0 Å². The molecule has 8 heteroatoms. The van der Waals surface area contributed by atoms with Crippen molar-refractivity contribution in [3.05, 3.63) is 47.5 Å². The van der Waals surface area contributed by atoms with Crippen molar-refractivity contribution >= 4 is 23.8 Å². The maximum Gasteiger partial charge on any atom is 0.331 e. The second-order valence-electron chi connectivity index (χ2n) is 5.73. The molecule has 2 rings (SSSR count). The summed E-state index contributed by atoms with van der Waals surface area (Å²) in [5, 5.41) is 0. The highest BCUT2D eigenvalue weighted by atomic mass is 16.5. The monoisotopic (exact) mass is 375 g/mol. The number of methoxy groups -OCH3 is 1. The summed E-state index contributed by atoms with van der Waals surface area (Å²) >= 11 is 0. The zero-order valence-electron chi connectivity index (χ0n) is 15.2. The molecule has 1 aromatic rings. The summed E-state index contributed by atoms with van der Waals surface area (Å²) < 4.78 is 14.3. The first-order valence-electron chi connectivity index (χ1n) is 8.42. The molecular formula is C19H21NO7. The molecule has 0 spiro atoms. The fourth-order valence-electron chi connectivity index (χ4n) is 2.72. The molecule has 0 aromatic heterocycles. The summed E-state index contributed by atoms with van der Waals surface area (Å²) in [6.45, 7) is 1.48. The van der Waals surface area contributed by atoms with Gasteiger partial charge in [-0.05, 0) is 18.1 Å². The first kappa shape index (κ1) is 20.2. The topological polar surface area (TPSA) is 99.2 Å². The smallest absolute Gasteiger partial charge is 0.331 e. The summed E-state index contributed by atoms with van der Waals surface area (Å²) in [4.78, 5) is 48.7. The molecule has 1 amide bonds. The minimum absolute atomic E-state index is 0.183. The number of fused-ring (bicyclic) bond motifs is 1. The Kier molecular flexibility index (Phi) is 7.10. The van der Waals surface area contributed by atoms with Crippen molar-refractivity contribution in [3.63, 3.8) is 0 Å². The molecule has 0 fully saturated rings. The predicted molar refractivity (Wildman–Crippen MR) is 93.2 cm³/mol. The first-order valence-corrected chi connectivity index (χ1v) is 8.42.